The van der Waals surface area contributed by atoms with E-state index in [1.807, 2.05) is 0 Å². The molecule has 1 amide bonds. The van der Waals surface area contributed by atoms with E-state index in [1.165, 1.54) is 13.0 Å². The Balaban J connectivity index is 1.93. The first-order valence-electron chi connectivity index (χ1n) is 7.33. The first-order chi connectivity index (χ1) is 10.9. The Hall–Kier alpha value is -2.35. The summed E-state index contributed by atoms with van der Waals surface area (Å²) in [6, 6.07) is 6.46. The average Bonchev–Trinajstić information content (AvgIpc) is 2.90. The van der Waals surface area contributed by atoms with Crippen molar-refractivity contribution in [2.75, 3.05) is 16.2 Å². The van der Waals surface area contributed by atoms with Crippen LogP contribution in [0.3, 0.4) is 0 Å². The van der Waals surface area contributed by atoms with Crippen molar-refractivity contribution in [3.05, 3.63) is 35.5 Å². The van der Waals surface area contributed by atoms with Crippen LogP contribution in [0, 0.1) is 6.92 Å². The number of amides is 1. The Morgan fingerprint density at radius 2 is 2.13 bits per heavy atom. The van der Waals surface area contributed by atoms with E-state index in [0.29, 0.717) is 6.54 Å². The highest BCUT2D eigenvalue weighted by atomic mass is 32.2. The van der Waals surface area contributed by atoms with Crippen molar-refractivity contribution < 1.29 is 13.2 Å². The maximum Gasteiger partial charge on any atom is 0.263 e. The fraction of sp³-hybridized carbons (Fsp3) is 0.333. The van der Waals surface area contributed by atoms with Gasteiger partial charge in [0.1, 0.15) is 0 Å². The number of nitrogens with zero attached hydrogens (tertiary/aromatic N) is 2. The molecule has 3 rings (SSSR count). The van der Waals surface area contributed by atoms with Crippen molar-refractivity contribution in [2.24, 2.45) is 0 Å². The van der Waals surface area contributed by atoms with Gasteiger partial charge in [-0.1, -0.05) is 0 Å². The molecule has 1 aromatic carbocycles. The molecule has 0 saturated heterocycles. The summed E-state index contributed by atoms with van der Waals surface area (Å²) in [5.41, 5.74) is 2.43. The summed E-state index contributed by atoms with van der Waals surface area (Å²) in [5.74, 6) is 0.220. The molecule has 0 unspecified atom stereocenters. The molecule has 7 nitrogen and oxygen atoms in total. The first kappa shape index (κ1) is 15.5. The number of hydrogen-bond acceptors (Lipinski definition) is 4. The lowest BCUT2D eigenvalue weighted by molar-refractivity contribution is -0.116. The van der Waals surface area contributed by atoms with Crippen LogP contribution in [0.4, 0.5) is 11.5 Å². The molecule has 0 bridgehead atoms. The SMILES string of the molecule is CC(=O)N1CCCc2cc(S(=O)(=O)Nc3cc(C)[nH]n3)ccc21. The molecule has 1 aromatic heterocycles. The number of H-pyrrole nitrogens is 1. The average molecular weight is 334 g/mol. The Morgan fingerprint density at radius 3 is 2.78 bits per heavy atom. The molecule has 1 aliphatic heterocycles. The predicted octanol–water partition coefficient (Wildman–Crippen LogP) is 1.82. The number of nitrogens with one attached hydrogen (secondary N) is 2. The number of benzene rings is 1. The summed E-state index contributed by atoms with van der Waals surface area (Å²) in [6.07, 6.45) is 1.58. The molecule has 8 heteroatoms. The summed E-state index contributed by atoms with van der Waals surface area (Å²) >= 11 is 0. The minimum Gasteiger partial charge on any atom is -0.312 e. The van der Waals surface area contributed by atoms with Gasteiger partial charge in [-0.15, -0.1) is 0 Å². The monoisotopic (exact) mass is 334 g/mol. The Kier molecular flexibility index (Phi) is 3.85. The Bertz CT molecular complexity index is 857. The smallest absolute Gasteiger partial charge is 0.263 e. The van der Waals surface area contributed by atoms with E-state index in [0.717, 1.165) is 29.8 Å². The molecule has 23 heavy (non-hydrogen) atoms. The van der Waals surface area contributed by atoms with Gasteiger partial charge in [-0.2, -0.15) is 5.10 Å². The topological polar surface area (TPSA) is 95.2 Å². The van der Waals surface area contributed by atoms with Crippen LogP contribution in [0.2, 0.25) is 0 Å². The maximum atomic E-state index is 12.5. The second-order valence-corrected chi connectivity index (χ2v) is 7.29. The van der Waals surface area contributed by atoms with Gasteiger partial charge in [-0.05, 0) is 43.5 Å². The minimum atomic E-state index is -3.71. The van der Waals surface area contributed by atoms with Crippen LogP contribution in [0.25, 0.3) is 0 Å². The lowest BCUT2D eigenvalue weighted by Crippen LogP contribution is -2.33. The highest BCUT2D eigenvalue weighted by molar-refractivity contribution is 7.92. The third kappa shape index (κ3) is 3.07. The van der Waals surface area contributed by atoms with Crippen molar-refractivity contribution in [1.82, 2.24) is 10.2 Å². The van der Waals surface area contributed by atoms with Crippen molar-refractivity contribution in [3.8, 4) is 0 Å². The van der Waals surface area contributed by atoms with Gasteiger partial charge < -0.3 is 4.90 Å². The van der Waals surface area contributed by atoms with Crippen LogP contribution in [0.5, 0.6) is 0 Å². The summed E-state index contributed by atoms with van der Waals surface area (Å²) in [6.45, 7) is 3.97. The van der Waals surface area contributed by atoms with Crippen LogP contribution < -0.4 is 9.62 Å². The number of carbonyl (C=O) groups is 1. The van der Waals surface area contributed by atoms with Gasteiger partial charge >= 0.3 is 0 Å². The van der Waals surface area contributed by atoms with Crippen LogP contribution in [-0.2, 0) is 21.2 Å². The largest absolute Gasteiger partial charge is 0.312 e. The standard InChI is InChI=1S/C15H18N4O3S/c1-10-8-15(17-16-10)18-23(21,22)13-5-6-14-12(9-13)4-3-7-19(14)11(2)20/h5-6,8-9H,3-4,7H2,1-2H3,(H2,16,17,18). The molecule has 2 aromatic rings. The highest BCUT2D eigenvalue weighted by Gasteiger charge is 2.23. The van der Waals surface area contributed by atoms with E-state index in [4.69, 9.17) is 0 Å². The second kappa shape index (κ2) is 5.69. The molecular weight excluding hydrogens is 316 g/mol. The zero-order chi connectivity index (χ0) is 16.6. The zero-order valence-electron chi connectivity index (χ0n) is 13.0. The van der Waals surface area contributed by atoms with E-state index >= 15 is 0 Å². The van der Waals surface area contributed by atoms with E-state index < -0.39 is 10.0 Å². The van der Waals surface area contributed by atoms with Crippen molar-refractivity contribution >= 4 is 27.4 Å². The number of carbonyl (C=O) groups excluding carboxylic acids is 1. The van der Waals surface area contributed by atoms with Gasteiger partial charge in [-0.25, -0.2) is 8.42 Å². The molecule has 0 radical (unpaired) electrons. The molecule has 0 fully saturated rings. The lowest BCUT2D eigenvalue weighted by atomic mass is 10.0. The Morgan fingerprint density at radius 1 is 1.35 bits per heavy atom. The number of aromatic amines is 1. The number of hydrogen-bond donors (Lipinski definition) is 2. The quantitative estimate of drug-likeness (QED) is 0.895. The third-order valence-electron chi connectivity index (χ3n) is 3.80. The van der Waals surface area contributed by atoms with Gasteiger partial charge in [0.2, 0.25) is 5.91 Å². The van der Waals surface area contributed by atoms with Crippen molar-refractivity contribution in [3.63, 3.8) is 0 Å². The zero-order valence-corrected chi connectivity index (χ0v) is 13.8. The minimum absolute atomic E-state index is 0.0355. The number of aromatic nitrogens is 2. The van der Waals surface area contributed by atoms with Gasteiger partial charge in [-0.3, -0.25) is 14.6 Å². The van der Waals surface area contributed by atoms with E-state index in [1.54, 1.807) is 30.0 Å². The molecule has 0 saturated carbocycles. The van der Waals surface area contributed by atoms with Gasteiger partial charge in [0.25, 0.3) is 10.0 Å². The van der Waals surface area contributed by atoms with E-state index in [-0.39, 0.29) is 16.6 Å². The van der Waals surface area contributed by atoms with Gasteiger partial charge in [0.05, 0.1) is 4.90 Å². The number of anilines is 2. The molecule has 2 heterocycles. The summed E-state index contributed by atoms with van der Waals surface area (Å²) in [7, 11) is -3.71. The van der Waals surface area contributed by atoms with Gasteiger partial charge in [0, 0.05) is 30.9 Å². The van der Waals surface area contributed by atoms with E-state index in [9.17, 15) is 13.2 Å². The predicted molar refractivity (Wildman–Crippen MR) is 86.9 cm³/mol. The fourth-order valence-corrected chi connectivity index (χ4v) is 3.78. The van der Waals surface area contributed by atoms with Crippen LogP contribution >= 0.6 is 0 Å². The molecule has 1 aliphatic rings. The summed E-state index contributed by atoms with van der Waals surface area (Å²) < 4.78 is 27.4. The normalized spacial score (nSPS) is 14.4. The third-order valence-corrected chi connectivity index (χ3v) is 5.16. The number of aryl methyl sites for hydroxylation is 2. The maximum absolute atomic E-state index is 12.5. The highest BCUT2D eigenvalue weighted by Crippen LogP contribution is 2.30. The molecule has 0 aliphatic carbocycles. The molecule has 122 valence electrons. The number of sulfonamides is 1. The van der Waals surface area contributed by atoms with Crippen LogP contribution in [-0.4, -0.2) is 31.1 Å². The van der Waals surface area contributed by atoms with Crippen LogP contribution in [0.15, 0.2) is 29.2 Å². The summed E-state index contributed by atoms with van der Waals surface area (Å²) in [5, 5.41) is 6.57. The van der Waals surface area contributed by atoms with Crippen molar-refractivity contribution in [2.45, 2.75) is 31.6 Å². The molecule has 0 atom stereocenters. The first-order valence-corrected chi connectivity index (χ1v) is 8.81. The van der Waals surface area contributed by atoms with E-state index in [2.05, 4.69) is 14.9 Å². The Labute approximate surface area is 134 Å². The summed E-state index contributed by atoms with van der Waals surface area (Å²) in [4.78, 5) is 13.5. The van der Waals surface area contributed by atoms with Crippen LogP contribution in [0.1, 0.15) is 24.6 Å². The lowest BCUT2D eigenvalue weighted by Gasteiger charge is -2.28. The van der Waals surface area contributed by atoms with Crippen molar-refractivity contribution in [1.29, 1.82) is 0 Å². The number of rotatable bonds is 3. The van der Waals surface area contributed by atoms with Gasteiger partial charge in [0.15, 0.2) is 5.82 Å². The number of fused-ring (bicyclic) bond motifs is 1. The second-order valence-electron chi connectivity index (χ2n) is 5.61. The molecular formula is C15H18N4O3S. The molecule has 0 spiro atoms. The fourth-order valence-electron chi connectivity index (χ4n) is 2.73. The molecule has 2 N–H and O–H groups in total.